The summed E-state index contributed by atoms with van der Waals surface area (Å²) >= 11 is 0. The average molecular weight is 296 g/mol. The second kappa shape index (κ2) is 6.26. The lowest BCUT2D eigenvalue weighted by molar-refractivity contribution is 0.415. The zero-order valence-corrected chi connectivity index (χ0v) is 12.4. The lowest BCUT2D eigenvalue weighted by Crippen LogP contribution is -2.06. The minimum Gasteiger partial charge on any atom is -0.497 e. The molecular formula is C16H16N4O2. The quantitative estimate of drug-likeness (QED) is 0.780. The fourth-order valence-corrected chi connectivity index (χ4v) is 2.06. The standard InChI is InChI=1S/C16H16N4O2/c1-11-18-16(17-10-14-4-3-9-22-14)15(20-19-11)12-5-7-13(21-2)8-6-12/h3-9H,10H2,1-2H3,(H,17,18,19). The molecule has 0 radical (unpaired) electrons. The minimum atomic E-state index is 0.536. The maximum atomic E-state index is 5.32. The molecule has 0 spiro atoms. The van der Waals surface area contributed by atoms with Crippen LogP contribution in [-0.2, 0) is 6.54 Å². The van der Waals surface area contributed by atoms with E-state index in [9.17, 15) is 0 Å². The summed E-state index contributed by atoms with van der Waals surface area (Å²) in [5, 5.41) is 11.6. The highest BCUT2D eigenvalue weighted by Crippen LogP contribution is 2.25. The van der Waals surface area contributed by atoms with E-state index in [0.29, 0.717) is 23.9 Å². The number of aromatic nitrogens is 3. The van der Waals surface area contributed by atoms with Crippen LogP contribution in [0, 0.1) is 6.92 Å². The van der Waals surface area contributed by atoms with E-state index in [1.54, 1.807) is 13.4 Å². The van der Waals surface area contributed by atoms with Crippen LogP contribution >= 0.6 is 0 Å². The summed E-state index contributed by atoms with van der Waals surface area (Å²) in [6.45, 7) is 2.34. The maximum absolute atomic E-state index is 5.32. The largest absolute Gasteiger partial charge is 0.497 e. The summed E-state index contributed by atoms with van der Waals surface area (Å²) in [7, 11) is 1.64. The van der Waals surface area contributed by atoms with Crippen molar-refractivity contribution in [2.24, 2.45) is 0 Å². The van der Waals surface area contributed by atoms with Crippen LogP contribution < -0.4 is 10.1 Å². The highest BCUT2D eigenvalue weighted by atomic mass is 16.5. The average Bonchev–Trinajstić information content (AvgIpc) is 3.07. The lowest BCUT2D eigenvalue weighted by Gasteiger charge is -2.10. The van der Waals surface area contributed by atoms with E-state index in [2.05, 4.69) is 20.5 Å². The normalized spacial score (nSPS) is 10.5. The molecule has 2 aromatic heterocycles. The fraction of sp³-hybridized carbons (Fsp3) is 0.188. The van der Waals surface area contributed by atoms with Crippen LogP contribution in [-0.4, -0.2) is 22.3 Å². The molecule has 3 aromatic rings. The summed E-state index contributed by atoms with van der Waals surface area (Å²) in [5.74, 6) is 2.91. The third kappa shape index (κ3) is 3.06. The number of hydrogen-bond acceptors (Lipinski definition) is 6. The third-order valence-electron chi connectivity index (χ3n) is 3.17. The Bertz CT molecular complexity index is 739. The van der Waals surface area contributed by atoms with Crippen molar-refractivity contribution in [3.63, 3.8) is 0 Å². The van der Waals surface area contributed by atoms with Crippen LogP contribution in [0.4, 0.5) is 5.82 Å². The number of methoxy groups -OCH3 is 1. The number of ether oxygens (including phenoxy) is 1. The van der Waals surface area contributed by atoms with Gasteiger partial charge in [-0.25, -0.2) is 4.98 Å². The molecule has 3 rings (SSSR count). The predicted molar refractivity (Wildman–Crippen MR) is 82.6 cm³/mol. The molecule has 1 N–H and O–H groups in total. The van der Waals surface area contributed by atoms with Gasteiger partial charge in [0.1, 0.15) is 23.0 Å². The molecule has 6 nitrogen and oxygen atoms in total. The van der Waals surface area contributed by atoms with E-state index in [4.69, 9.17) is 9.15 Å². The molecule has 0 fully saturated rings. The number of aryl methyl sites for hydroxylation is 1. The maximum Gasteiger partial charge on any atom is 0.157 e. The molecule has 6 heteroatoms. The first-order valence-electron chi connectivity index (χ1n) is 6.88. The van der Waals surface area contributed by atoms with Crippen molar-refractivity contribution < 1.29 is 9.15 Å². The van der Waals surface area contributed by atoms with Gasteiger partial charge in [-0.3, -0.25) is 0 Å². The van der Waals surface area contributed by atoms with Crippen LogP contribution in [0.2, 0.25) is 0 Å². The first kappa shape index (κ1) is 14.1. The molecule has 2 heterocycles. The Balaban J connectivity index is 1.89. The van der Waals surface area contributed by atoms with E-state index < -0.39 is 0 Å². The summed E-state index contributed by atoms with van der Waals surface area (Å²) in [5.41, 5.74) is 1.61. The Morgan fingerprint density at radius 3 is 2.64 bits per heavy atom. The number of hydrogen-bond donors (Lipinski definition) is 1. The first-order chi connectivity index (χ1) is 10.8. The van der Waals surface area contributed by atoms with Crippen molar-refractivity contribution >= 4 is 5.82 Å². The van der Waals surface area contributed by atoms with E-state index in [1.807, 2.05) is 43.3 Å². The summed E-state index contributed by atoms with van der Waals surface area (Å²) in [6.07, 6.45) is 1.64. The van der Waals surface area contributed by atoms with Gasteiger partial charge in [0.25, 0.3) is 0 Å². The Labute approximate surface area is 128 Å². The number of nitrogens with zero attached hydrogens (tertiary/aromatic N) is 3. The smallest absolute Gasteiger partial charge is 0.157 e. The van der Waals surface area contributed by atoms with E-state index in [0.717, 1.165) is 17.1 Å². The van der Waals surface area contributed by atoms with Gasteiger partial charge in [-0.1, -0.05) is 0 Å². The van der Waals surface area contributed by atoms with Gasteiger partial charge in [0.2, 0.25) is 0 Å². The first-order valence-corrected chi connectivity index (χ1v) is 6.88. The van der Waals surface area contributed by atoms with Crippen molar-refractivity contribution in [3.8, 4) is 17.0 Å². The SMILES string of the molecule is COc1ccc(-c2nnc(C)nc2NCc2ccco2)cc1. The van der Waals surface area contributed by atoms with E-state index in [1.165, 1.54) is 0 Å². The van der Waals surface area contributed by atoms with Crippen molar-refractivity contribution in [3.05, 3.63) is 54.2 Å². The Hall–Kier alpha value is -2.89. The highest BCUT2D eigenvalue weighted by Gasteiger charge is 2.11. The topological polar surface area (TPSA) is 73.1 Å². The molecule has 0 aliphatic heterocycles. The molecule has 0 amide bonds. The zero-order chi connectivity index (χ0) is 15.4. The van der Waals surface area contributed by atoms with Crippen LogP contribution in [0.5, 0.6) is 5.75 Å². The minimum absolute atomic E-state index is 0.536. The fourth-order valence-electron chi connectivity index (χ4n) is 2.06. The Morgan fingerprint density at radius 1 is 1.14 bits per heavy atom. The monoisotopic (exact) mass is 296 g/mol. The molecule has 0 saturated heterocycles. The third-order valence-corrected chi connectivity index (χ3v) is 3.17. The van der Waals surface area contributed by atoms with Gasteiger partial charge in [0.05, 0.1) is 19.9 Å². The van der Waals surface area contributed by atoms with Crippen molar-refractivity contribution in [2.45, 2.75) is 13.5 Å². The zero-order valence-electron chi connectivity index (χ0n) is 12.4. The lowest BCUT2D eigenvalue weighted by atomic mass is 10.1. The second-order valence-corrected chi connectivity index (χ2v) is 4.72. The van der Waals surface area contributed by atoms with Crippen molar-refractivity contribution in [1.29, 1.82) is 0 Å². The van der Waals surface area contributed by atoms with Crippen LogP contribution in [0.1, 0.15) is 11.6 Å². The van der Waals surface area contributed by atoms with Gasteiger partial charge >= 0.3 is 0 Å². The van der Waals surface area contributed by atoms with Crippen LogP contribution in [0.3, 0.4) is 0 Å². The number of rotatable bonds is 5. The molecule has 0 unspecified atom stereocenters. The van der Waals surface area contributed by atoms with Gasteiger partial charge in [-0.2, -0.15) is 0 Å². The number of benzene rings is 1. The number of furan rings is 1. The second-order valence-electron chi connectivity index (χ2n) is 4.72. The molecule has 0 saturated carbocycles. The number of nitrogens with one attached hydrogen (secondary N) is 1. The Kier molecular flexibility index (Phi) is 4.00. The van der Waals surface area contributed by atoms with Crippen molar-refractivity contribution in [1.82, 2.24) is 15.2 Å². The molecule has 0 aliphatic carbocycles. The molecular weight excluding hydrogens is 280 g/mol. The molecule has 1 aromatic carbocycles. The van der Waals surface area contributed by atoms with Gasteiger partial charge in [0, 0.05) is 5.56 Å². The van der Waals surface area contributed by atoms with Crippen LogP contribution in [0.15, 0.2) is 47.1 Å². The van der Waals surface area contributed by atoms with Crippen molar-refractivity contribution in [2.75, 3.05) is 12.4 Å². The van der Waals surface area contributed by atoms with Gasteiger partial charge in [-0.15, -0.1) is 10.2 Å². The molecule has 0 atom stereocenters. The van der Waals surface area contributed by atoms with Gasteiger partial charge in [0.15, 0.2) is 5.82 Å². The summed E-state index contributed by atoms with van der Waals surface area (Å²) in [6, 6.07) is 11.4. The molecule has 0 aliphatic rings. The molecule has 22 heavy (non-hydrogen) atoms. The van der Waals surface area contributed by atoms with Crippen LogP contribution in [0.25, 0.3) is 11.3 Å². The highest BCUT2D eigenvalue weighted by molar-refractivity contribution is 5.71. The Morgan fingerprint density at radius 2 is 1.95 bits per heavy atom. The predicted octanol–water partition coefficient (Wildman–Crippen LogP) is 3.06. The van der Waals surface area contributed by atoms with Gasteiger partial charge < -0.3 is 14.5 Å². The molecule has 0 bridgehead atoms. The van der Waals surface area contributed by atoms with E-state index >= 15 is 0 Å². The summed E-state index contributed by atoms with van der Waals surface area (Å²) in [4.78, 5) is 4.43. The number of anilines is 1. The van der Waals surface area contributed by atoms with Gasteiger partial charge in [-0.05, 0) is 43.3 Å². The van der Waals surface area contributed by atoms with E-state index in [-0.39, 0.29) is 0 Å². The molecule has 112 valence electrons. The summed E-state index contributed by atoms with van der Waals surface area (Å²) < 4.78 is 10.5.